The molecule has 0 fully saturated rings. The average Bonchev–Trinajstić information content (AvgIpc) is 2.54. The summed E-state index contributed by atoms with van der Waals surface area (Å²) in [7, 11) is 0. The Kier molecular flexibility index (Phi) is 4.89. The lowest BCUT2D eigenvalue weighted by Gasteiger charge is -2.03. The van der Waals surface area contributed by atoms with Crippen molar-refractivity contribution in [2.75, 3.05) is 6.61 Å². The molecule has 2 rings (SSSR count). The Hall–Kier alpha value is -2.86. The predicted molar refractivity (Wildman–Crippen MR) is 79.8 cm³/mol. The SMILES string of the molecule is CCOC(=O)C#Cc1ccccc1C(=O)c1ccccc1. The number of ketones is 1. The Morgan fingerprint density at radius 1 is 1.00 bits per heavy atom. The molecule has 3 nitrogen and oxygen atoms in total. The summed E-state index contributed by atoms with van der Waals surface area (Å²) < 4.78 is 4.75. The van der Waals surface area contributed by atoms with Crippen molar-refractivity contribution in [3.8, 4) is 11.8 Å². The van der Waals surface area contributed by atoms with Crippen molar-refractivity contribution in [2.24, 2.45) is 0 Å². The van der Waals surface area contributed by atoms with E-state index in [-0.39, 0.29) is 12.4 Å². The highest BCUT2D eigenvalue weighted by molar-refractivity contribution is 6.10. The second-order valence-electron chi connectivity index (χ2n) is 4.21. The largest absolute Gasteiger partial charge is 0.456 e. The maximum absolute atomic E-state index is 12.5. The number of esters is 1. The molecule has 0 bridgehead atoms. The first kappa shape index (κ1) is 14.5. The molecule has 2 aromatic carbocycles. The van der Waals surface area contributed by atoms with E-state index >= 15 is 0 Å². The normalized spacial score (nSPS) is 9.38. The molecule has 0 saturated carbocycles. The summed E-state index contributed by atoms with van der Waals surface area (Å²) in [6.45, 7) is 1.99. The first-order valence-corrected chi connectivity index (χ1v) is 6.60. The van der Waals surface area contributed by atoms with Gasteiger partial charge in [0.25, 0.3) is 0 Å². The van der Waals surface area contributed by atoms with Gasteiger partial charge in [-0.3, -0.25) is 4.79 Å². The Balaban J connectivity index is 2.33. The van der Waals surface area contributed by atoms with E-state index in [4.69, 9.17) is 4.74 Å². The zero-order chi connectivity index (χ0) is 15.1. The molecule has 0 aromatic heterocycles. The summed E-state index contributed by atoms with van der Waals surface area (Å²) in [5.74, 6) is 4.37. The van der Waals surface area contributed by atoms with E-state index in [2.05, 4.69) is 11.8 Å². The van der Waals surface area contributed by atoms with E-state index in [1.807, 2.05) is 6.07 Å². The third kappa shape index (κ3) is 3.80. The second-order valence-corrected chi connectivity index (χ2v) is 4.21. The van der Waals surface area contributed by atoms with Crippen LogP contribution in [0.4, 0.5) is 0 Å². The highest BCUT2D eigenvalue weighted by Gasteiger charge is 2.11. The standard InChI is InChI=1S/C18H14O3/c1-2-21-17(19)13-12-14-8-6-7-11-16(14)18(20)15-9-4-3-5-10-15/h3-11H,2H2,1H3. The molecular formula is C18H14O3. The Morgan fingerprint density at radius 3 is 2.38 bits per heavy atom. The van der Waals surface area contributed by atoms with Gasteiger partial charge in [0.05, 0.1) is 6.61 Å². The van der Waals surface area contributed by atoms with E-state index in [0.29, 0.717) is 16.7 Å². The lowest BCUT2D eigenvalue weighted by atomic mass is 9.99. The molecule has 104 valence electrons. The Morgan fingerprint density at radius 2 is 1.67 bits per heavy atom. The first-order valence-electron chi connectivity index (χ1n) is 6.60. The van der Waals surface area contributed by atoms with Gasteiger partial charge in [-0.15, -0.1) is 0 Å². The first-order chi connectivity index (χ1) is 10.2. The van der Waals surface area contributed by atoms with Crippen LogP contribution in [0.25, 0.3) is 0 Å². The topological polar surface area (TPSA) is 43.4 Å². The van der Waals surface area contributed by atoms with E-state index in [1.54, 1.807) is 55.5 Å². The van der Waals surface area contributed by atoms with Crippen LogP contribution in [0.3, 0.4) is 0 Å². The molecule has 0 spiro atoms. The summed E-state index contributed by atoms with van der Waals surface area (Å²) in [6.07, 6.45) is 0. The zero-order valence-electron chi connectivity index (χ0n) is 11.6. The van der Waals surface area contributed by atoms with Crippen LogP contribution in [-0.2, 0) is 9.53 Å². The third-order valence-corrected chi connectivity index (χ3v) is 2.78. The molecule has 0 aliphatic heterocycles. The number of ether oxygens (including phenoxy) is 1. The lowest BCUT2D eigenvalue weighted by molar-refractivity contribution is -0.136. The molecule has 0 aliphatic carbocycles. The Bertz CT molecular complexity index is 706. The maximum atomic E-state index is 12.5. The van der Waals surface area contributed by atoms with Crippen LogP contribution in [0.2, 0.25) is 0 Å². The summed E-state index contributed by atoms with van der Waals surface area (Å²) in [6, 6.07) is 15.9. The van der Waals surface area contributed by atoms with E-state index in [0.717, 1.165) is 0 Å². The molecule has 0 saturated heterocycles. The van der Waals surface area contributed by atoms with Crippen LogP contribution < -0.4 is 0 Å². The van der Waals surface area contributed by atoms with Crippen molar-refractivity contribution in [1.82, 2.24) is 0 Å². The summed E-state index contributed by atoms with van der Waals surface area (Å²) in [5, 5.41) is 0. The Labute approximate surface area is 123 Å². The lowest BCUT2D eigenvalue weighted by Crippen LogP contribution is -2.04. The highest BCUT2D eigenvalue weighted by Crippen LogP contribution is 2.13. The van der Waals surface area contributed by atoms with E-state index < -0.39 is 5.97 Å². The highest BCUT2D eigenvalue weighted by atomic mass is 16.5. The summed E-state index contributed by atoms with van der Waals surface area (Å²) >= 11 is 0. The fourth-order valence-corrected chi connectivity index (χ4v) is 1.82. The smallest absolute Gasteiger partial charge is 0.384 e. The van der Waals surface area contributed by atoms with Gasteiger partial charge in [-0.25, -0.2) is 4.79 Å². The maximum Gasteiger partial charge on any atom is 0.384 e. The van der Waals surface area contributed by atoms with Crippen molar-refractivity contribution in [3.63, 3.8) is 0 Å². The van der Waals surface area contributed by atoms with Gasteiger partial charge in [-0.2, -0.15) is 0 Å². The fraction of sp³-hybridized carbons (Fsp3) is 0.111. The summed E-state index contributed by atoms with van der Waals surface area (Å²) in [5.41, 5.74) is 1.57. The van der Waals surface area contributed by atoms with Gasteiger partial charge >= 0.3 is 5.97 Å². The van der Waals surface area contributed by atoms with Gasteiger partial charge in [-0.1, -0.05) is 48.4 Å². The minimum absolute atomic E-state index is 0.121. The van der Waals surface area contributed by atoms with Crippen molar-refractivity contribution >= 4 is 11.8 Å². The fourth-order valence-electron chi connectivity index (χ4n) is 1.82. The zero-order valence-corrected chi connectivity index (χ0v) is 11.6. The number of carbonyl (C=O) groups is 2. The predicted octanol–water partition coefficient (Wildman–Crippen LogP) is 2.83. The number of hydrogen-bond donors (Lipinski definition) is 0. The van der Waals surface area contributed by atoms with Crippen LogP contribution in [0, 0.1) is 11.8 Å². The molecular weight excluding hydrogens is 264 g/mol. The quantitative estimate of drug-likeness (QED) is 0.492. The number of carbonyl (C=O) groups excluding carboxylic acids is 2. The van der Waals surface area contributed by atoms with Crippen molar-refractivity contribution in [1.29, 1.82) is 0 Å². The molecule has 0 N–H and O–H groups in total. The van der Waals surface area contributed by atoms with E-state index in [1.165, 1.54) is 0 Å². The van der Waals surface area contributed by atoms with Crippen molar-refractivity contribution in [2.45, 2.75) is 6.92 Å². The summed E-state index contributed by atoms with van der Waals surface area (Å²) in [4.78, 5) is 23.7. The van der Waals surface area contributed by atoms with Gasteiger partial charge in [0.15, 0.2) is 5.78 Å². The van der Waals surface area contributed by atoms with Crippen LogP contribution in [0.5, 0.6) is 0 Å². The van der Waals surface area contributed by atoms with Crippen LogP contribution in [-0.4, -0.2) is 18.4 Å². The van der Waals surface area contributed by atoms with Gasteiger partial charge in [-0.05, 0) is 19.1 Å². The molecule has 3 heteroatoms. The van der Waals surface area contributed by atoms with Gasteiger partial charge in [0, 0.05) is 22.6 Å². The molecule has 2 aromatic rings. The van der Waals surface area contributed by atoms with Crippen LogP contribution in [0.15, 0.2) is 54.6 Å². The molecule has 0 unspecified atom stereocenters. The van der Waals surface area contributed by atoms with E-state index in [9.17, 15) is 9.59 Å². The van der Waals surface area contributed by atoms with Crippen molar-refractivity contribution in [3.05, 3.63) is 71.3 Å². The molecule has 0 heterocycles. The van der Waals surface area contributed by atoms with Crippen LogP contribution in [0.1, 0.15) is 28.4 Å². The van der Waals surface area contributed by atoms with Gasteiger partial charge in [0.2, 0.25) is 0 Å². The monoisotopic (exact) mass is 278 g/mol. The molecule has 0 amide bonds. The minimum Gasteiger partial charge on any atom is -0.456 e. The van der Waals surface area contributed by atoms with Crippen LogP contribution >= 0.6 is 0 Å². The van der Waals surface area contributed by atoms with Crippen molar-refractivity contribution < 1.29 is 14.3 Å². The molecule has 0 aliphatic rings. The van der Waals surface area contributed by atoms with Gasteiger partial charge < -0.3 is 4.74 Å². The second kappa shape index (κ2) is 7.06. The van der Waals surface area contributed by atoms with Gasteiger partial charge in [0.1, 0.15) is 0 Å². The molecule has 0 radical (unpaired) electrons. The number of hydrogen-bond acceptors (Lipinski definition) is 3. The number of benzene rings is 2. The molecule has 21 heavy (non-hydrogen) atoms. The minimum atomic E-state index is -0.598. The molecule has 0 atom stereocenters. The third-order valence-electron chi connectivity index (χ3n) is 2.78. The average molecular weight is 278 g/mol. The number of rotatable bonds is 3.